The van der Waals surface area contributed by atoms with Gasteiger partial charge < -0.3 is 15.9 Å². The second kappa shape index (κ2) is 4.70. The molecule has 2 atom stereocenters. The van der Waals surface area contributed by atoms with Crippen LogP contribution in [0.3, 0.4) is 0 Å². The number of ether oxygens (including phenoxy) is 2. The van der Waals surface area contributed by atoms with Crippen molar-refractivity contribution >= 4 is 0 Å². The van der Waals surface area contributed by atoms with E-state index in [9.17, 15) is 0 Å². The van der Waals surface area contributed by atoms with Gasteiger partial charge in [-0.1, -0.05) is 19.8 Å². The second-order valence-corrected chi connectivity index (χ2v) is 4.09. The summed E-state index contributed by atoms with van der Waals surface area (Å²) >= 11 is 0. The molecule has 0 bridgehead atoms. The first-order chi connectivity index (χ1) is 5.72. The van der Waals surface area contributed by atoms with Gasteiger partial charge in [-0.3, -0.25) is 0 Å². The SMILES string of the molecule is CC1[CH-]CC2(CC1C)OCCO2.[Y]. The van der Waals surface area contributed by atoms with Crippen molar-refractivity contribution in [3.05, 3.63) is 6.42 Å². The predicted octanol–water partition coefficient (Wildman–Crippen LogP) is 2.00. The van der Waals surface area contributed by atoms with E-state index in [0.717, 1.165) is 26.1 Å². The van der Waals surface area contributed by atoms with Crippen LogP contribution in [-0.2, 0) is 42.2 Å². The number of rotatable bonds is 0. The van der Waals surface area contributed by atoms with Crippen molar-refractivity contribution in [2.24, 2.45) is 11.8 Å². The molecule has 1 aliphatic carbocycles. The molecule has 2 nitrogen and oxygen atoms in total. The van der Waals surface area contributed by atoms with Crippen molar-refractivity contribution < 1.29 is 42.2 Å². The van der Waals surface area contributed by atoms with Gasteiger partial charge in [-0.15, -0.1) is 6.42 Å². The van der Waals surface area contributed by atoms with E-state index in [4.69, 9.17) is 9.47 Å². The molecule has 1 spiro atoms. The quantitative estimate of drug-likeness (QED) is 0.619. The molecule has 2 fully saturated rings. The van der Waals surface area contributed by atoms with Gasteiger partial charge in [0.25, 0.3) is 0 Å². The third-order valence-electron chi connectivity index (χ3n) is 3.14. The fourth-order valence-electron chi connectivity index (χ4n) is 2.09. The topological polar surface area (TPSA) is 18.5 Å². The summed E-state index contributed by atoms with van der Waals surface area (Å²) in [7, 11) is 0. The molecule has 2 unspecified atom stereocenters. The van der Waals surface area contributed by atoms with Gasteiger partial charge in [0.1, 0.15) is 5.79 Å². The fourth-order valence-corrected chi connectivity index (χ4v) is 2.09. The molecule has 2 aliphatic rings. The van der Waals surface area contributed by atoms with Crippen molar-refractivity contribution in [3.63, 3.8) is 0 Å². The maximum Gasteiger partial charge on any atom is 0.142 e. The van der Waals surface area contributed by atoms with Crippen LogP contribution in [0.2, 0.25) is 0 Å². The average Bonchev–Trinajstić information content (AvgIpc) is 2.47. The molecule has 3 heteroatoms. The Hall–Kier alpha value is 1.02. The van der Waals surface area contributed by atoms with E-state index >= 15 is 0 Å². The molecule has 0 N–H and O–H groups in total. The molecule has 2 rings (SSSR count). The van der Waals surface area contributed by atoms with Crippen molar-refractivity contribution in [2.45, 2.75) is 32.5 Å². The Morgan fingerprint density at radius 3 is 2.38 bits per heavy atom. The molecule has 1 saturated heterocycles. The number of hydrogen-bond acceptors (Lipinski definition) is 2. The van der Waals surface area contributed by atoms with Crippen LogP contribution in [0.15, 0.2) is 0 Å². The first kappa shape index (κ1) is 12.1. The van der Waals surface area contributed by atoms with E-state index in [0.29, 0.717) is 11.8 Å². The summed E-state index contributed by atoms with van der Waals surface area (Å²) in [6.07, 6.45) is 4.36. The van der Waals surface area contributed by atoms with Gasteiger partial charge in [-0.25, -0.2) is 0 Å². The second-order valence-electron chi connectivity index (χ2n) is 4.09. The summed E-state index contributed by atoms with van der Waals surface area (Å²) in [5, 5.41) is 0. The maximum absolute atomic E-state index is 5.65. The van der Waals surface area contributed by atoms with Crippen LogP contribution in [0.4, 0.5) is 0 Å². The van der Waals surface area contributed by atoms with Gasteiger partial charge in [-0.05, 0) is 6.42 Å². The number of hydrogen-bond donors (Lipinski definition) is 0. The predicted molar refractivity (Wildman–Crippen MR) is 46.5 cm³/mol. The van der Waals surface area contributed by atoms with Crippen molar-refractivity contribution in [1.29, 1.82) is 0 Å². The minimum absolute atomic E-state index is 0. The third kappa shape index (κ3) is 2.53. The Balaban J connectivity index is 0.000000845. The van der Waals surface area contributed by atoms with E-state index in [1.54, 1.807) is 0 Å². The summed E-state index contributed by atoms with van der Waals surface area (Å²) in [5.41, 5.74) is 0. The molecule has 13 heavy (non-hydrogen) atoms. The maximum atomic E-state index is 5.65. The standard InChI is InChI=1S/C10H17O2.Y/c1-8-3-4-10(7-9(8)2)11-5-6-12-10;/h3,8-9H,4-7H2,1-2H3;/q-1;. The van der Waals surface area contributed by atoms with Crippen LogP contribution >= 0.6 is 0 Å². The van der Waals surface area contributed by atoms with Crippen LogP contribution in [0, 0.1) is 18.3 Å². The first-order valence-electron chi connectivity index (χ1n) is 4.83. The molecule has 1 aliphatic heterocycles. The third-order valence-corrected chi connectivity index (χ3v) is 3.14. The summed E-state index contributed by atoms with van der Waals surface area (Å²) in [5.74, 6) is 1.17. The van der Waals surface area contributed by atoms with Gasteiger partial charge in [0.2, 0.25) is 0 Å². The van der Waals surface area contributed by atoms with Crippen molar-refractivity contribution in [2.75, 3.05) is 13.2 Å². The van der Waals surface area contributed by atoms with E-state index in [1.165, 1.54) is 0 Å². The largest absolute Gasteiger partial charge is 0.350 e. The molecule has 0 aromatic carbocycles. The van der Waals surface area contributed by atoms with E-state index in [2.05, 4.69) is 20.3 Å². The van der Waals surface area contributed by atoms with Crippen LogP contribution in [0.5, 0.6) is 0 Å². The summed E-state index contributed by atoms with van der Waals surface area (Å²) in [4.78, 5) is 0. The van der Waals surface area contributed by atoms with E-state index < -0.39 is 0 Å². The van der Waals surface area contributed by atoms with Gasteiger partial charge in [0.05, 0.1) is 13.2 Å². The zero-order chi connectivity index (χ0) is 8.60. The van der Waals surface area contributed by atoms with Crippen LogP contribution < -0.4 is 0 Å². The molecular weight excluding hydrogens is 241 g/mol. The minimum Gasteiger partial charge on any atom is -0.350 e. The normalized spacial score (nSPS) is 37.4. The van der Waals surface area contributed by atoms with Gasteiger partial charge in [0, 0.05) is 32.7 Å². The zero-order valence-electron chi connectivity index (χ0n) is 8.45. The molecule has 0 aromatic heterocycles. The van der Waals surface area contributed by atoms with Crippen LogP contribution in [0.25, 0.3) is 0 Å². The first-order valence-corrected chi connectivity index (χ1v) is 4.83. The van der Waals surface area contributed by atoms with Gasteiger partial charge in [-0.2, -0.15) is 5.92 Å². The Morgan fingerprint density at radius 2 is 1.85 bits per heavy atom. The van der Waals surface area contributed by atoms with E-state index in [-0.39, 0.29) is 38.5 Å². The summed E-state index contributed by atoms with van der Waals surface area (Å²) < 4.78 is 11.3. The Morgan fingerprint density at radius 1 is 1.23 bits per heavy atom. The van der Waals surface area contributed by atoms with Gasteiger partial charge in [0.15, 0.2) is 0 Å². The molecular formula is C10H17O2Y-. The van der Waals surface area contributed by atoms with Crippen molar-refractivity contribution in [1.82, 2.24) is 0 Å². The molecule has 73 valence electrons. The van der Waals surface area contributed by atoms with Crippen molar-refractivity contribution in [3.8, 4) is 0 Å². The van der Waals surface area contributed by atoms with Gasteiger partial charge >= 0.3 is 0 Å². The Bertz CT molecular complexity index is 166. The summed E-state index contributed by atoms with van der Waals surface area (Å²) in [6, 6.07) is 0. The molecule has 0 aromatic rings. The summed E-state index contributed by atoms with van der Waals surface area (Å²) in [6.45, 7) is 6.09. The smallest absolute Gasteiger partial charge is 0.142 e. The molecule has 1 heterocycles. The zero-order valence-corrected chi connectivity index (χ0v) is 11.3. The fraction of sp³-hybridized carbons (Fsp3) is 0.900. The van der Waals surface area contributed by atoms with E-state index in [1.807, 2.05) is 0 Å². The van der Waals surface area contributed by atoms with Crippen LogP contribution in [0.1, 0.15) is 26.7 Å². The molecule has 0 amide bonds. The Kier molecular flexibility index (Phi) is 4.37. The molecule has 1 radical (unpaired) electrons. The monoisotopic (exact) mass is 258 g/mol. The molecule has 1 saturated carbocycles. The van der Waals surface area contributed by atoms with Crippen LogP contribution in [-0.4, -0.2) is 19.0 Å². The minimum atomic E-state index is -0.230. The average molecular weight is 258 g/mol. The Labute approximate surface area is 106 Å².